The molecule has 7 aliphatic rings. The number of carbonyl (C=O) groups excluding carboxylic acids is 2. The van der Waals surface area contributed by atoms with Crippen LogP contribution in [0.4, 0.5) is 0 Å². The van der Waals surface area contributed by atoms with Crippen LogP contribution < -0.4 is 10.6 Å². The fraction of sp³-hybridized carbons (Fsp3) is 0.955. The molecule has 738 valence electrons. The maximum Gasteiger partial charge on any atom is 0.220 e. The first kappa shape index (κ1) is 110. The highest BCUT2D eigenvalue weighted by atomic mass is 16.8. The van der Waals surface area contributed by atoms with Gasteiger partial charge < -0.3 is 179 Å². The standard InChI is InChI=1S/C88H160N2O36/c1-6-8-10-12-14-16-18-20-21-22-23-24-25-26-27-28-29-31-33-35-37-39-41-43-60(98)90-53(54(97)42-40-38-36-34-32-30-19-17-15-13-11-9-7-2)49-113-83-74(111)70(107)76(58(47-94)120-83)121-87-75(112)79(65(102)56(45-92)117-87)124-82-61(89-52(5)96)78(123-84-71(108)67(104)62(99)50(3)114-84)77(59(48-95)119-82)122-88-81(126-85-72(109)68(105)63(100)51(4)115-85)80(66(103)57(46-93)118-88)125-86-73(110)69(106)64(101)55(44-91)116-86/h40,42,50-51,53-59,61-88,91-95,97,99-112H,6-39,41,43-49H2,1-5H3,(H,89,96)(H,90,98)/b42-40+/t50?,51?,53-,54+,55?,56?,57?,58?,59?,61?,62+,63+,64-,65-,66-,67?,68?,69-,70+,71-,72-,73?,74?,75?,76+,77+,78+,79-,80-,81?,82-,83+,84+,85+,86+,87-,88-/m0/s1. The number of carbonyl (C=O) groups is 2. The quantitative estimate of drug-likeness (QED) is 0.0290. The van der Waals surface area contributed by atoms with E-state index in [0.29, 0.717) is 12.8 Å². The number of unbranched alkanes of at least 4 members (excludes halogenated alkanes) is 33. The molecule has 0 spiro atoms. The third-order valence-corrected chi connectivity index (χ3v) is 25.4. The molecule has 0 aromatic carbocycles. The second kappa shape index (κ2) is 59.2. The summed E-state index contributed by atoms with van der Waals surface area (Å²) in [6, 6.07) is -3.09. The highest BCUT2D eigenvalue weighted by molar-refractivity contribution is 5.76. The van der Waals surface area contributed by atoms with Gasteiger partial charge in [0, 0.05) is 13.3 Å². The molecule has 38 nitrogen and oxygen atoms in total. The topological polar surface area (TPSA) is 592 Å². The van der Waals surface area contributed by atoms with E-state index in [0.717, 1.165) is 58.3 Å². The van der Waals surface area contributed by atoms with Gasteiger partial charge in [0.05, 0.1) is 64.0 Å². The molecule has 7 fully saturated rings. The van der Waals surface area contributed by atoms with Crippen LogP contribution in [0, 0.1) is 0 Å². The van der Waals surface area contributed by atoms with Crippen molar-refractivity contribution < 1.29 is 178 Å². The molecule has 7 saturated heterocycles. The molecule has 7 rings (SSSR count). The van der Waals surface area contributed by atoms with E-state index >= 15 is 0 Å². The van der Waals surface area contributed by atoms with Gasteiger partial charge >= 0.3 is 0 Å². The van der Waals surface area contributed by atoms with Gasteiger partial charge in [0.25, 0.3) is 0 Å². The fourth-order valence-electron chi connectivity index (χ4n) is 17.4. The van der Waals surface area contributed by atoms with E-state index in [1.54, 1.807) is 6.08 Å². The first-order chi connectivity index (χ1) is 60.6. The predicted molar refractivity (Wildman–Crippen MR) is 449 cm³/mol. The Labute approximate surface area is 742 Å². The van der Waals surface area contributed by atoms with Crippen LogP contribution in [0.5, 0.6) is 0 Å². The zero-order chi connectivity index (χ0) is 91.9. The summed E-state index contributed by atoms with van der Waals surface area (Å²) >= 11 is 0. The Kier molecular flexibility index (Phi) is 51.9. The van der Waals surface area contributed by atoms with Crippen LogP contribution in [0.25, 0.3) is 0 Å². The number of ether oxygens (including phenoxy) is 14. The summed E-state index contributed by atoms with van der Waals surface area (Å²) in [5.74, 6) is -1.31. The number of aliphatic hydroxyl groups is 20. The highest BCUT2D eigenvalue weighted by Gasteiger charge is 2.61. The van der Waals surface area contributed by atoms with Crippen molar-refractivity contribution in [1.82, 2.24) is 10.6 Å². The van der Waals surface area contributed by atoms with Gasteiger partial charge in [0.15, 0.2) is 44.0 Å². The lowest BCUT2D eigenvalue weighted by molar-refractivity contribution is -0.411. The lowest BCUT2D eigenvalue weighted by Gasteiger charge is -2.53. The minimum atomic E-state index is -2.31. The minimum absolute atomic E-state index is 0.155. The number of aliphatic hydroxyl groups excluding tert-OH is 20. The summed E-state index contributed by atoms with van der Waals surface area (Å²) in [6.07, 6.45) is -23.5. The van der Waals surface area contributed by atoms with E-state index in [1.165, 1.54) is 174 Å². The Bertz CT molecular complexity index is 2910. The van der Waals surface area contributed by atoms with Gasteiger partial charge in [-0.1, -0.05) is 231 Å². The fourth-order valence-corrected chi connectivity index (χ4v) is 17.4. The molecule has 0 aromatic heterocycles. The lowest BCUT2D eigenvalue weighted by atomic mass is 9.93. The second-order valence-electron chi connectivity index (χ2n) is 35.5. The third kappa shape index (κ3) is 33.7. The highest BCUT2D eigenvalue weighted by Crippen LogP contribution is 2.41. The Balaban J connectivity index is 1.03. The molecule has 0 aliphatic carbocycles. The van der Waals surface area contributed by atoms with Crippen LogP contribution in [0.15, 0.2) is 12.2 Å². The number of rotatable bonds is 60. The normalized spacial score (nSPS) is 38.2. The summed E-state index contributed by atoms with van der Waals surface area (Å²) in [5.41, 5.74) is 0. The molecule has 0 aromatic rings. The largest absolute Gasteiger partial charge is 0.394 e. The molecule has 0 radical (unpaired) electrons. The summed E-state index contributed by atoms with van der Waals surface area (Å²) in [4.78, 5) is 27.4. The Morgan fingerprint density at radius 3 is 1.11 bits per heavy atom. The van der Waals surface area contributed by atoms with Crippen LogP contribution in [-0.4, -0.2) is 381 Å². The first-order valence-electron chi connectivity index (χ1n) is 47.2. The average molecular weight is 1820 g/mol. The van der Waals surface area contributed by atoms with Gasteiger partial charge in [-0.25, -0.2) is 0 Å². The molecule has 7 aliphatic heterocycles. The minimum Gasteiger partial charge on any atom is -0.394 e. The zero-order valence-corrected chi connectivity index (χ0v) is 74.7. The number of allylic oxidation sites excluding steroid dienone is 1. The third-order valence-electron chi connectivity index (χ3n) is 25.4. The Morgan fingerprint density at radius 2 is 0.659 bits per heavy atom. The van der Waals surface area contributed by atoms with E-state index in [1.807, 2.05) is 6.08 Å². The van der Waals surface area contributed by atoms with Crippen molar-refractivity contribution in [3.05, 3.63) is 12.2 Å². The van der Waals surface area contributed by atoms with Crippen molar-refractivity contribution in [2.45, 2.75) is 493 Å². The number of hydrogen-bond donors (Lipinski definition) is 22. The summed E-state index contributed by atoms with van der Waals surface area (Å²) in [7, 11) is 0. The van der Waals surface area contributed by atoms with Gasteiger partial charge in [-0.3, -0.25) is 9.59 Å². The van der Waals surface area contributed by atoms with Crippen LogP contribution in [0.1, 0.15) is 266 Å². The van der Waals surface area contributed by atoms with E-state index in [2.05, 4.69) is 24.5 Å². The molecule has 0 saturated carbocycles. The maximum atomic E-state index is 13.7. The number of amides is 2. The van der Waals surface area contributed by atoms with Crippen LogP contribution in [0.3, 0.4) is 0 Å². The molecule has 2 amide bonds. The van der Waals surface area contributed by atoms with E-state index in [4.69, 9.17) is 66.3 Å². The first-order valence-corrected chi connectivity index (χ1v) is 47.2. The predicted octanol–water partition coefficient (Wildman–Crippen LogP) is 0.432. The molecule has 126 heavy (non-hydrogen) atoms. The van der Waals surface area contributed by atoms with Gasteiger partial charge in [-0.2, -0.15) is 0 Å². The van der Waals surface area contributed by atoms with E-state index in [9.17, 15) is 112 Å². The molecule has 0 bridgehead atoms. The molecule has 7 heterocycles. The molecule has 14 unspecified atom stereocenters. The smallest absolute Gasteiger partial charge is 0.220 e. The van der Waals surface area contributed by atoms with Crippen LogP contribution >= 0.6 is 0 Å². The molecular weight excluding hydrogens is 1660 g/mol. The second-order valence-corrected chi connectivity index (χ2v) is 35.5. The van der Waals surface area contributed by atoms with Crippen molar-refractivity contribution in [1.29, 1.82) is 0 Å². The monoisotopic (exact) mass is 1820 g/mol. The lowest BCUT2D eigenvalue weighted by Crippen LogP contribution is -2.72. The van der Waals surface area contributed by atoms with Gasteiger partial charge in [0.2, 0.25) is 11.8 Å². The number of nitrogens with one attached hydrogen (secondary N) is 2. The van der Waals surface area contributed by atoms with E-state index < -0.39 is 273 Å². The molecule has 37 atom stereocenters. The van der Waals surface area contributed by atoms with Gasteiger partial charge in [-0.15, -0.1) is 0 Å². The number of hydrogen-bond acceptors (Lipinski definition) is 36. The summed E-state index contributed by atoms with van der Waals surface area (Å²) < 4.78 is 85.5. The molecular formula is C88H160N2O36. The molecule has 22 N–H and O–H groups in total. The SMILES string of the molecule is CCCCCCCCCCCCC/C=C/[C@@H](O)[C@H](CO[C@@H]1OC(CO)[C@@H](O[C@@H]2OC(CO)[C@H](O)[C@H](O[C@@H]3OC(CO)[C@@H](O[C@@H]4OC(CO)[C@H](O)[C@H](O[C@H]5OC(CO)[C@H](O)[C@H](O)C5O)C4O[C@H]4OC(C)[C@@H](O)C(O)[C@@H]4O)[C@H](O[C@H]4OC(C)[C@@H](O)C(O)[C@@H]4O)C3NC(C)=O)C2O)[C@H](O)C1O)NC(=O)CCCCCCCCCCCCCCCCCCCCCCCCC. The Morgan fingerprint density at radius 1 is 0.325 bits per heavy atom. The van der Waals surface area contributed by atoms with Crippen molar-refractivity contribution in [3.63, 3.8) is 0 Å². The van der Waals surface area contributed by atoms with Crippen molar-refractivity contribution >= 4 is 11.8 Å². The van der Waals surface area contributed by atoms with E-state index in [-0.39, 0.29) is 12.3 Å². The average Bonchev–Trinajstić information content (AvgIpc) is 0.753. The van der Waals surface area contributed by atoms with Gasteiger partial charge in [-0.05, 0) is 33.1 Å². The van der Waals surface area contributed by atoms with Gasteiger partial charge in [0.1, 0.15) is 159 Å². The van der Waals surface area contributed by atoms with Crippen LogP contribution in [0.2, 0.25) is 0 Å². The molecule has 38 heteroatoms. The zero-order valence-electron chi connectivity index (χ0n) is 74.7. The summed E-state index contributed by atoms with van der Waals surface area (Å²) in [5, 5.41) is 231. The Hall–Kier alpha value is -2.68. The maximum absolute atomic E-state index is 13.7. The van der Waals surface area contributed by atoms with Crippen molar-refractivity contribution in [3.8, 4) is 0 Å². The van der Waals surface area contributed by atoms with Crippen molar-refractivity contribution in [2.24, 2.45) is 0 Å². The van der Waals surface area contributed by atoms with Crippen LogP contribution in [-0.2, 0) is 75.9 Å². The summed E-state index contributed by atoms with van der Waals surface area (Å²) in [6.45, 7) is 2.16. The van der Waals surface area contributed by atoms with Crippen molar-refractivity contribution in [2.75, 3.05) is 39.6 Å².